The van der Waals surface area contributed by atoms with Crippen molar-refractivity contribution in [2.24, 2.45) is 0 Å². The van der Waals surface area contributed by atoms with Crippen LogP contribution in [0, 0.1) is 22.7 Å². The van der Waals surface area contributed by atoms with Crippen LogP contribution in [0.15, 0.2) is 30.3 Å². The zero-order valence-corrected chi connectivity index (χ0v) is 9.40. The predicted octanol–water partition coefficient (Wildman–Crippen LogP) is 2.44. The van der Waals surface area contributed by atoms with E-state index in [0.29, 0.717) is 5.56 Å². The molecule has 0 aromatic heterocycles. The standard InChI is InChI=1S/C8H6Cl2O2.C2N2/c9-8(10,7(11)12)6-4-2-1-3-5-6;3-1-2-4/h1-5H,(H,11,12);. The van der Waals surface area contributed by atoms with Gasteiger partial charge in [0.25, 0.3) is 0 Å². The minimum Gasteiger partial charge on any atom is -0.479 e. The third-order valence-electron chi connectivity index (χ3n) is 1.45. The molecule has 1 aromatic rings. The molecule has 0 aliphatic carbocycles. The van der Waals surface area contributed by atoms with Gasteiger partial charge >= 0.3 is 5.97 Å². The van der Waals surface area contributed by atoms with Gasteiger partial charge in [-0.15, -0.1) is 0 Å². The van der Waals surface area contributed by atoms with Crippen LogP contribution in [0.25, 0.3) is 0 Å². The number of carbonyl (C=O) groups is 1. The molecule has 0 saturated heterocycles. The van der Waals surface area contributed by atoms with E-state index in [-0.39, 0.29) is 0 Å². The summed E-state index contributed by atoms with van der Waals surface area (Å²) in [6.45, 7) is 0. The molecule has 0 fully saturated rings. The Hall–Kier alpha value is -1.75. The first-order valence-corrected chi connectivity index (χ1v) is 4.67. The lowest BCUT2D eigenvalue weighted by atomic mass is 10.1. The molecule has 6 heteroatoms. The highest BCUT2D eigenvalue weighted by Gasteiger charge is 2.35. The number of carboxylic acid groups (broad SMARTS) is 1. The van der Waals surface area contributed by atoms with Gasteiger partial charge in [0.15, 0.2) is 12.1 Å². The predicted molar refractivity (Wildman–Crippen MR) is 58.7 cm³/mol. The van der Waals surface area contributed by atoms with E-state index in [2.05, 4.69) is 0 Å². The van der Waals surface area contributed by atoms with Gasteiger partial charge in [0.05, 0.1) is 0 Å². The highest BCUT2D eigenvalue weighted by atomic mass is 35.5. The lowest BCUT2D eigenvalue weighted by Gasteiger charge is -2.13. The smallest absolute Gasteiger partial charge is 0.344 e. The molecule has 0 atom stereocenters. The van der Waals surface area contributed by atoms with Crippen LogP contribution < -0.4 is 0 Å². The van der Waals surface area contributed by atoms with Crippen LogP contribution in [0.1, 0.15) is 5.56 Å². The van der Waals surface area contributed by atoms with Gasteiger partial charge in [-0.05, 0) is 5.56 Å². The summed E-state index contributed by atoms with van der Waals surface area (Å²) in [6, 6.07) is 10.7. The molecule has 16 heavy (non-hydrogen) atoms. The number of nitriles is 2. The number of rotatable bonds is 2. The van der Waals surface area contributed by atoms with Crippen molar-refractivity contribution >= 4 is 29.2 Å². The van der Waals surface area contributed by atoms with Gasteiger partial charge < -0.3 is 5.11 Å². The molecule has 0 saturated carbocycles. The molecular weight excluding hydrogens is 251 g/mol. The van der Waals surface area contributed by atoms with Gasteiger partial charge in [-0.3, -0.25) is 0 Å². The van der Waals surface area contributed by atoms with Crippen LogP contribution in [-0.4, -0.2) is 11.1 Å². The zero-order valence-electron chi connectivity index (χ0n) is 7.89. The van der Waals surface area contributed by atoms with Gasteiger partial charge in [-0.2, -0.15) is 10.5 Å². The lowest BCUT2D eigenvalue weighted by Crippen LogP contribution is -2.22. The summed E-state index contributed by atoms with van der Waals surface area (Å²) in [5.41, 5.74) is 0.362. The Labute approximate surface area is 102 Å². The summed E-state index contributed by atoms with van der Waals surface area (Å²) in [7, 11) is 0. The maximum atomic E-state index is 10.6. The van der Waals surface area contributed by atoms with Crippen molar-refractivity contribution in [3.8, 4) is 12.1 Å². The second kappa shape index (κ2) is 6.68. The van der Waals surface area contributed by atoms with E-state index in [1.165, 1.54) is 12.1 Å². The van der Waals surface area contributed by atoms with Crippen molar-refractivity contribution in [1.29, 1.82) is 10.5 Å². The van der Waals surface area contributed by atoms with Crippen LogP contribution in [0.3, 0.4) is 0 Å². The average molecular weight is 257 g/mol. The second-order valence-electron chi connectivity index (χ2n) is 2.47. The maximum Gasteiger partial charge on any atom is 0.344 e. The van der Waals surface area contributed by atoms with Gasteiger partial charge in [0, 0.05) is 0 Å². The van der Waals surface area contributed by atoms with Gasteiger partial charge in [-0.25, -0.2) is 4.79 Å². The van der Waals surface area contributed by atoms with Crippen LogP contribution in [-0.2, 0) is 9.13 Å². The van der Waals surface area contributed by atoms with Crippen molar-refractivity contribution in [3.63, 3.8) is 0 Å². The van der Waals surface area contributed by atoms with E-state index in [4.69, 9.17) is 38.8 Å². The molecule has 1 N–H and O–H groups in total. The highest BCUT2D eigenvalue weighted by Crippen LogP contribution is 2.33. The largest absolute Gasteiger partial charge is 0.479 e. The van der Waals surface area contributed by atoms with Crippen LogP contribution in [0.2, 0.25) is 0 Å². The maximum absolute atomic E-state index is 10.6. The monoisotopic (exact) mass is 256 g/mol. The van der Waals surface area contributed by atoms with E-state index in [0.717, 1.165) is 0 Å². The Bertz CT molecular complexity index is 420. The quantitative estimate of drug-likeness (QED) is 0.824. The molecule has 0 bridgehead atoms. The molecule has 0 unspecified atom stereocenters. The number of aliphatic carboxylic acids is 1. The minimum atomic E-state index is -1.85. The first-order valence-electron chi connectivity index (χ1n) is 3.91. The minimum absolute atomic E-state index is 0.362. The lowest BCUT2D eigenvalue weighted by molar-refractivity contribution is -0.138. The second-order valence-corrected chi connectivity index (χ2v) is 3.80. The summed E-state index contributed by atoms with van der Waals surface area (Å²) in [4.78, 5) is 10.6. The molecule has 0 amide bonds. The van der Waals surface area contributed by atoms with Crippen molar-refractivity contribution in [2.75, 3.05) is 0 Å². The van der Waals surface area contributed by atoms with E-state index in [9.17, 15) is 4.79 Å². The molecule has 0 radical (unpaired) electrons. The van der Waals surface area contributed by atoms with Crippen molar-refractivity contribution in [2.45, 2.75) is 4.33 Å². The van der Waals surface area contributed by atoms with Crippen LogP contribution in [0.4, 0.5) is 0 Å². The Balaban J connectivity index is 0.000000487. The average Bonchev–Trinajstić information content (AvgIpc) is 2.30. The number of alkyl halides is 2. The fraction of sp³-hybridized carbons (Fsp3) is 0.100. The highest BCUT2D eigenvalue weighted by molar-refractivity contribution is 6.56. The number of nitrogens with zero attached hydrogens (tertiary/aromatic N) is 2. The number of benzene rings is 1. The van der Waals surface area contributed by atoms with Gasteiger partial charge in [0.1, 0.15) is 0 Å². The number of hydrogen-bond donors (Lipinski definition) is 1. The van der Waals surface area contributed by atoms with Gasteiger partial charge in [0.2, 0.25) is 4.33 Å². The Morgan fingerprint density at radius 3 is 1.94 bits per heavy atom. The van der Waals surface area contributed by atoms with Crippen LogP contribution >= 0.6 is 23.2 Å². The number of carboxylic acids is 1. The van der Waals surface area contributed by atoms with E-state index < -0.39 is 10.3 Å². The Kier molecular flexibility index (Phi) is 5.95. The van der Waals surface area contributed by atoms with Crippen LogP contribution in [0.5, 0.6) is 0 Å². The summed E-state index contributed by atoms with van der Waals surface area (Å²) < 4.78 is -1.85. The van der Waals surface area contributed by atoms with E-state index in [1.54, 1.807) is 30.3 Å². The molecule has 0 heterocycles. The van der Waals surface area contributed by atoms with E-state index in [1.807, 2.05) is 0 Å². The molecule has 1 aromatic carbocycles. The molecule has 82 valence electrons. The molecule has 4 nitrogen and oxygen atoms in total. The summed E-state index contributed by atoms with van der Waals surface area (Å²) >= 11 is 11.1. The fourth-order valence-electron chi connectivity index (χ4n) is 0.771. The Morgan fingerprint density at radius 2 is 1.62 bits per heavy atom. The first-order chi connectivity index (χ1) is 7.46. The fourth-order valence-corrected chi connectivity index (χ4v) is 1.02. The van der Waals surface area contributed by atoms with Crippen molar-refractivity contribution in [1.82, 2.24) is 0 Å². The summed E-state index contributed by atoms with van der Waals surface area (Å²) in [5.74, 6) is -1.27. The molecule has 0 aliphatic rings. The number of halogens is 2. The molecule has 0 spiro atoms. The van der Waals surface area contributed by atoms with Crippen molar-refractivity contribution in [3.05, 3.63) is 35.9 Å². The first kappa shape index (κ1) is 14.2. The summed E-state index contributed by atoms with van der Waals surface area (Å²) in [6.07, 6.45) is 0. The zero-order chi connectivity index (χ0) is 12.6. The third-order valence-corrected chi connectivity index (χ3v) is 2.21. The number of hydrogen-bond acceptors (Lipinski definition) is 3. The topological polar surface area (TPSA) is 84.9 Å². The SMILES string of the molecule is N#CC#N.O=C(O)C(Cl)(Cl)c1ccccc1. The third kappa shape index (κ3) is 4.18. The van der Waals surface area contributed by atoms with Crippen molar-refractivity contribution < 1.29 is 9.90 Å². The normalized spacial score (nSPS) is 9.00. The Morgan fingerprint density at radius 1 is 1.19 bits per heavy atom. The van der Waals surface area contributed by atoms with Gasteiger partial charge in [-0.1, -0.05) is 53.5 Å². The molecule has 0 aliphatic heterocycles. The molecule has 1 rings (SSSR count). The summed E-state index contributed by atoms with van der Waals surface area (Å²) in [5, 5.41) is 23.2. The molecular formula is C10H6Cl2N2O2. The van der Waals surface area contributed by atoms with E-state index >= 15 is 0 Å².